The van der Waals surface area contributed by atoms with Crippen molar-refractivity contribution >= 4 is 17.8 Å². The van der Waals surface area contributed by atoms with E-state index in [1.54, 1.807) is 0 Å². The second kappa shape index (κ2) is 4.63. The zero-order valence-electron chi connectivity index (χ0n) is 9.77. The number of rotatable bonds is 5. The number of nitrogens with one attached hydrogen (secondary N) is 2. The maximum Gasteiger partial charge on any atom is 0.303 e. The number of aromatic amines is 1. The highest BCUT2D eigenvalue weighted by atomic mass is 16.4. The minimum absolute atomic E-state index is 0.00374. The summed E-state index contributed by atoms with van der Waals surface area (Å²) in [5.41, 5.74) is 4.98. The van der Waals surface area contributed by atoms with Crippen LogP contribution in [0.4, 0.5) is 5.95 Å². The summed E-state index contributed by atoms with van der Waals surface area (Å²) in [6, 6.07) is 0. The molecule has 1 heterocycles. The molecule has 1 amide bonds. The van der Waals surface area contributed by atoms with Crippen molar-refractivity contribution in [1.82, 2.24) is 20.5 Å². The van der Waals surface area contributed by atoms with Gasteiger partial charge in [0.2, 0.25) is 11.8 Å². The van der Waals surface area contributed by atoms with E-state index < -0.39 is 11.9 Å². The minimum Gasteiger partial charge on any atom is -0.481 e. The van der Waals surface area contributed by atoms with Crippen LogP contribution in [0.2, 0.25) is 0 Å². The Balaban J connectivity index is 1.90. The van der Waals surface area contributed by atoms with Crippen LogP contribution in [0, 0.1) is 5.41 Å². The molecule has 1 aromatic rings. The number of carbonyl (C=O) groups is 2. The van der Waals surface area contributed by atoms with Crippen LogP contribution in [0.15, 0.2) is 0 Å². The molecule has 18 heavy (non-hydrogen) atoms. The van der Waals surface area contributed by atoms with Gasteiger partial charge in [0.15, 0.2) is 0 Å². The molecule has 98 valence electrons. The number of nitrogens with two attached hydrogens (primary N) is 1. The van der Waals surface area contributed by atoms with E-state index in [1.165, 1.54) is 0 Å². The molecule has 1 aromatic heterocycles. The van der Waals surface area contributed by atoms with Gasteiger partial charge in [0.25, 0.3) is 5.91 Å². The topological polar surface area (TPSA) is 134 Å². The van der Waals surface area contributed by atoms with E-state index in [-0.39, 0.29) is 23.6 Å². The molecule has 0 aliphatic heterocycles. The van der Waals surface area contributed by atoms with Crippen LogP contribution in [0.5, 0.6) is 0 Å². The van der Waals surface area contributed by atoms with E-state index in [9.17, 15) is 9.59 Å². The molecule has 0 unspecified atom stereocenters. The quantitative estimate of drug-likeness (QED) is 0.572. The van der Waals surface area contributed by atoms with Crippen molar-refractivity contribution in [3.63, 3.8) is 0 Å². The number of H-pyrrole nitrogens is 1. The lowest BCUT2D eigenvalue weighted by molar-refractivity contribution is -0.141. The number of hydrogen-bond donors (Lipinski definition) is 4. The third-order valence-electron chi connectivity index (χ3n) is 3.28. The molecule has 1 fully saturated rings. The largest absolute Gasteiger partial charge is 0.481 e. The Bertz CT molecular complexity index is 466. The van der Waals surface area contributed by atoms with Crippen molar-refractivity contribution < 1.29 is 14.7 Å². The average molecular weight is 253 g/mol. The zero-order chi connectivity index (χ0) is 13.2. The first-order valence-electron chi connectivity index (χ1n) is 5.69. The molecule has 8 heteroatoms. The number of amides is 1. The van der Waals surface area contributed by atoms with Gasteiger partial charge in [-0.05, 0) is 18.3 Å². The Morgan fingerprint density at radius 3 is 2.67 bits per heavy atom. The second-order valence-corrected chi connectivity index (χ2v) is 4.65. The summed E-state index contributed by atoms with van der Waals surface area (Å²) in [7, 11) is 0. The first-order valence-corrected chi connectivity index (χ1v) is 5.69. The SMILES string of the molecule is Nc1n[nH]c(C(=O)NCC2(CC(=O)O)CCC2)n1. The van der Waals surface area contributed by atoms with E-state index in [0.717, 1.165) is 19.3 Å². The van der Waals surface area contributed by atoms with Gasteiger partial charge < -0.3 is 16.2 Å². The number of nitrogens with zero attached hydrogens (tertiary/aromatic N) is 2. The van der Waals surface area contributed by atoms with Gasteiger partial charge in [0.05, 0.1) is 6.42 Å². The molecule has 2 rings (SSSR count). The molecule has 5 N–H and O–H groups in total. The summed E-state index contributed by atoms with van der Waals surface area (Å²) in [5.74, 6) is -1.22. The van der Waals surface area contributed by atoms with Gasteiger partial charge in [-0.3, -0.25) is 14.7 Å². The Morgan fingerprint density at radius 1 is 1.50 bits per heavy atom. The molecule has 0 spiro atoms. The number of hydrogen-bond acceptors (Lipinski definition) is 5. The summed E-state index contributed by atoms with van der Waals surface area (Å²) >= 11 is 0. The third-order valence-corrected chi connectivity index (χ3v) is 3.28. The van der Waals surface area contributed by atoms with Crippen LogP contribution in [0.25, 0.3) is 0 Å². The Labute approximate surface area is 103 Å². The van der Waals surface area contributed by atoms with E-state index in [2.05, 4.69) is 20.5 Å². The highest BCUT2D eigenvalue weighted by Crippen LogP contribution is 2.43. The van der Waals surface area contributed by atoms with Gasteiger partial charge in [0.1, 0.15) is 0 Å². The molecule has 8 nitrogen and oxygen atoms in total. The van der Waals surface area contributed by atoms with Gasteiger partial charge in [-0.1, -0.05) is 6.42 Å². The Kier molecular flexibility index (Phi) is 3.17. The van der Waals surface area contributed by atoms with Crippen LogP contribution in [-0.2, 0) is 4.79 Å². The first kappa shape index (κ1) is 12.3. The molecule has 0 aromatic carbocycles. The molecule has 0 saturated heterocycles. The average Bonchev–Trinajstić information content (AvgIpc) is 2.68. The normalized spacial score (nSPS) is 16.9. The smallest absolute Gasteiger partial charge is 0.303 e. The second-order valence-electron chi connectivity index (χ2n) is 4.65. The van der Waals surface area contributed by atoms with Crippen LogP contribution in [0.3, 0.4) is 0 Å². The number of aromatic nitrogens is 3. The maximum absolute atomic E-state index is 11.7. The summed E-state index contributed by atoms with van der Waals surface area (Å²) in [5, 5.41) is 17.5. The van der Waals surface area contributed by atoms with Gasteiger partial charge in [-0.2, -0.15) is 4.98 Å². The van der Waals surface area contributed by atoms with Crippen molar-refractivity contribution in [3.8, 4) is 0 Å². The molecule has 1 saturated carbocycles. The van der Waals surface area contributed by atoms with Gasteiger partial charge >= 0.3 is 5.97 Å². The lowest BCUT2D eigenvalue weighted by atomic mass is 9.66. The number of carboxylic acid groups (broad SMARTS) is 1. The molecule has 0 atom stereocenters. The molecule has 0 radical (unpaired) electrons. The fourth-order valence-electron chi connectivity index (χ4n) is 2.14. The van der Waals surface area contributed by atoms with Gasteiger partial charge in [0, 0.05) is 6.54 Å². The van der Waals surface area contributed by atoms with Gasteiger partial charge in [-0.15, -0.1) is 5.10 Å². The molecule has 1 aliphatic carbocycles. The Hall–Kier alpha value is -2.12. The lowest BCUT2D eigenvalue weighted by Crippen LogP contribution is -2.43. The summed E-state index contributed by atoms with van der Waals surface area (Å²) in [4.78, 5) is 26.1. The van der Waals surface area contributed by atoms with Crippen molar-refractivity contribution in [1.29, 1.82) is 0 Å². The maximum atomic E-state index is 11.7. The molecule has 0 bridgehead atoms. The van der Waals surface area contributed by atoms with E-state index in [4.69, 9.17) is 10.8 Å². The van der Waals surface area contributed by atoms with Crippen molar-refractivity contribution in [2.24, 2.45) is 5.41 Å². The number of carboxylic acids is 1. The van der Waals surface area contributed by atoms with Crippen LogP contribution >= 0.6 is 0 Å². The highest BCUT2D eigenvalue weighted by molar-refractivity contribution is 5.90. The highest BCUT2D eigenvalue weighted by Gasteiger charge is 2.39. The zero-order valence-corrected chi connectivity index (χ0v) is 9.77. The van der Waals surface area contributed by atoms with Crippen molar-refractivity contribution in [2.75, 3.05) is 12.3 Å². The summed E-state index contributed by atoms with van der Waals surface area (Å²) in [6.07, 6.45) is 2.71. The molecular formula is C10H15N5O3. The van der Waals surface area contributed by atoms with Crippen LogP contribution < -0.4 is 11.1 Å². The fourth-order valence-corrected chi connectivity index (χ4v) is 2.14. The van der Waals surface area contributed by atoms with E-state index >= 15 is 0 Å². The van der Waals surface area contributed by atoms with Gasteiger partial charge in [-0.25, -0.2) is 0 Å². The number of carbonyl (C=O) groups excluding carboxylic acids is 1. The summed E-state index contributed by atoms with van der Waals surface area (Å²) in [6.45, 7) is 0.332. The predicted octanol–water partition coefficient (Wildman–Crippen LogP) is -0.238. The Morgan fingerprint density at radius 2 is 2.22 bits per heavy atom. The number of aliphatic carboxylic acids is 1. The fraction of sp³-hybridized carbons (Fsp3) is 0.600. The van der Waals surface area contributed by atoms with Crippen molar-refractivity contribution in [3.05, 3.63) is 5.82 Å². The predicted molar refractivity (Wildman–Crippen MR) is 61.7 cm³/mol. The minimum atomic E-state index is -0.840. The van der Waals surface area contributed by atoms with Crippen LogP contribution in [0.1, 0.15) is 36.3 Å². The monoisotopic (exact) mass is 253 g/mol. The number of nitrogen functional groups attached to an aromatic ring is 1. The van der Waals surface area contributed by atoms with Crippen LogP contribution in [-0.4, -0.2) is 38.7 Å². The summed E-state index contributed by atoms with van der Waals surface area (Å²) < 4.78 is 0. The first-order chi connectivity index (χ1) is 8.51. The third kappa shape index (κ3) is 2.58. The standard InChI is InChI=1S/C10H15N5O3/c11-9-13-7(14-15-9)8(18)12-5-10(2-1-3-10)4-6(16)17/h1-5H2,(H,12,18)(H,16,17)(H3,11,13,14,15). The van der Waals surface area contributed by atoms with E-state index in [1.807, 2.05) is 0 Å². The van der Waals surface area contributed by atoms with Crippen molar-refractivity contribution in [2.45, 2.75) is 25.7 Å². The molecule has 1 aliphatic rings. The molecular weight excluding hydrogens is 238 g/mol. The lowest BCUT2D eigenvalue weighted by Gasteiger charge is -2.40. The van der Waals surface area contributed by atoms with E-state index in [0.29, 0.717) is 6.54 Å². The number of anilines is 1.